The fourth-order valence-electron chi connectivity index (χ4n) is 10.9. The molecule has 8 saturated heterocycles. The van der Waals surface area contributed by atoms with Gasteiger partial charge in [-0.1, -0.05) is 32.9 Å². The van der Waals surface area contributed by atoms with Gasteiger partial charge >= 0.3 is 0 Å². The molecule has 10 aliphatic rings. The minimum Gasteiger partial charge on any atom is -0.411 e. The highest BCUT2D eigenvalue weighted by molar-refractivity contribution is 5.89. The largest absolute Gasteiger partial charge is 0.411 e. The summed E-state index contributed by atoms with van der Waals surface area (Å²) in [6.07, 6.45) is 6.49. The van der Waals surface area contributed by atoms with Crippen LogP contribution in [-0.2, 0) is 38.5 Å². The molecule has 0 aromatic heterocycles. The van der Waals surface area contributed by atoms with E-state index in [4.69, 9.17) is 38.5 Å². The van der Waals surface area contributed by atoms with E-state index in [-0.39, 0.29) is 35.7 Å². The summed E-state index contributed by atoms with van der Waals surface area (Å²) < 4.78 is 26.8. The zero-order chi connectivity index (χ0) is 29.2. The lowest BCUT2D eigenvalue weighted by atomic mass is 9.56. The van der Waals surface area contributed by atoms with Crippen LogP contribution in [0, 0.1) is 47.3 Å². The van der Waals surface area contributed by atoms with Crippen LogP contribution >= 0.6 is 0 Å². The van der Waals surface area contributed by atoms with Gasteiger partial charge in [-0.25, -0.2) is 19.6 Å². The van der Waals surface area contributed by atoms with Crippen LogP contribution in [0.25, 0.3) is 0 Å². The molecule has 0 aromatic carbocycles. The second-order valence-electron chi connectivity index (χ2n) is 15.6. The van der Waals surface area contributed by atoms with E-state index in [1.807, 2.05) is 13.8 Å². The number of nitrogens with zero attached hydrogens (tertiary/aromatic N) is 1. The Morgan fingerprint density at radius 3 is 1.74 bits per heavy atom. The highest BCUT2D eigenvalue weighted by atomic mass is 17.3. The smallest absolute Gasteiger partial charge is 0.201 e. The molecular formula is C32H49NO9. The Balaban J connectivity index is 1.08. The first-order valence-corrected chi connectivity index (χ1v) is 16.6. The van der Waals surface area contributed by atoms with Crippen LogP contribution in [0.3, 0.4) is 0 Å². The molecule has 2 spiro atoms. The van der Waals surface area contributed by atoms with E-state index < -0.39 is 41.5 Å². The number of ether oxygens (including phenoxy) is 4. The van der Waals surface area contributed by atoms with Gasteiger partial charge in [0.1, 0.15) is 6.10 Å². The molecule has 0 aromatic rings. The number of hydrogen-bond donors (Lipinski definition) is 1. The van der Waals surface area contributed by atoms with E-state index in [0.29, 0.717) is 29.9 Å². The van der Waals surface area contributed by atoms with Crippen molar-refractivity contribution in [2.75, 3.05) is 0 Å². The maximum atomic E-state index is 10.5. The summed E-state index contributed by atoms with van der Waals surface area (Å²) >= 11 is 0. The molecule has 16 atom stereocenters. The highest BCUT2D eigenvalue weighted by Gasteiger charge is 2.71. The lowest BCUT2D eigenvalue weighted by Gasteiger charge is -2.61. The van der Waals surface area contributed by atoms with Crippen LogP contribution in [0.2, 0.25) is 0 Å². The zero-order valence-corrected chi connectivity index (χ0v) is 26.0. The van der Waals surface area contributed by atoms with Gasteiger partial charge in [-0.05, 0) is 87.9 Å². The molecule has 10 rings (SSSR count). The molecule has 8 heterocycles. The van der Waals surface area contributed by atoms with E-state index in [1.54, 1.807) is 0 Å². The molecule has 2 saturated carbocycles. The first-order valence-electron chi connectivity index (χ1n) is 16.6. The molecule has 8 aliphatic heterocycles. The lowest BCUT2D eigenvalue weighted by molar-refractivity contribution is -0.571. The van der Waals surface area contributed by atoms with Gasteiger partial charge < -0.3 is 24.2 Å². The molecule has 4 bridgehead atoms. The van der Waals surface area contributed by atoms with Gasteiger partial charge in [0.15, 0.2) is 23.8 Å². The second-order valence-corrected chi connectivity index (χ2v) is 15.6. The fraction of sp³-hybridized carbons (Fsp3) is 0.969. The maximum Gasteiger partial charge on any atom is 0.201 e. The molecule has 10 heteroatoms. The number of fused-ring (bicyclic) bond motifs is 4. The molecule has 0 amide bonds. The van der Waals surface area contributed by atoms with Gasteiger partial charge in [0.25, 0.3) is 0 Å². The highest BCUT2D eigenvalue weighted by Crippen LogP contribution is 2.63. The molecule has 236 valence electrons. The minimum atomic E-state index is -0.850. The third-order valence-corrected chi connectivity index (χ3v) is 13.3. The molecule has 2 unspecified atom stereocenters. The van der Waals surface area contributed by atoms with Crippen molar-refractivity contribution in [1.29, 1.82) is 0 Å². The SMILES string of the molecule is C[C@H]1[C@@H](/C(C[C@H]2O[C@@H]3OC4(C)CC[C@H]5[C@H](C)CC[C@@H]([C@H]2C)[C@@]35OO4)=N\O)O[C@@H]2OC3(C)CC[C@H]4[C@H](C)CC[C@@H]1[C@@]24OO3. The average molecular weight is 592 g/mol. The Kier molecular flexibility index (Phi) is 6.53. The van der Waals surface area contributed by atoms with E-state index >= 15 is 0 Å². The predicted molar refractivity (Wildman–Crippen MR) is 147 cm³/mol. The Morgan fingerprint density at radius 2 is 1.19 bits per heavy atom. The summed E-state index contributed by atoms with van der Waals surface area (Å²) in [4.78, 5) is 24.6. The van der Waals surface area contributed by atoms with Crippen LogP contribution in [-0.4, -0.2) is 58.5 Å². The van der Waals surface area contributed by atoms with Crippen LogP contribution in [0.4, 0.5) is 0 Å². The van der Waals surface area contributed by atoms with Crippen molar-refractivity contribution < 1.29 is 43.7 Å². The monoisotopic (exact) mass is 591 g/mol. The number of hydrogen-bond acceptors (Lipinski definition) is 10. The van der Waals surface area contributed by atoms with E-state index in [1.165, 1.54) is 0 Å². The Labute approximate surface area is 248 Å². The summed E-state index contributed by atoms with van der Waals surface area (Å²) in [7, 11) is 0. The van der Waals surface area contributed by atoms with Crippen molar-refractivity contribution in [2.24, 2.45) is 52.5 Å². The van der Waals surface area contributed by atoms with Gasteiger partial charge in [0.2, 0.25) is 11.6 Å². The van der Waals surface area contributed by atoms with Gasteiger partial charge in [-0.15, -0.1) is 0 Å². The third-order valence-electron chi connectivity index (χ3n) is 13.3. The van der Waals surface area contributed by atoms with Gasteiger partial charge in [0.05, 0.1) is 11.8 Å². The molecule has 10 nitrogen and oxygen atoms in total. The maximum absolute atomic E-state index is 10.5. The van der Waals surface area contributed by atoms with Crippen molar-refractivity contribution >= 4 is 5.71 Å². The fourth-order valence-corrected chi connectivity index (χ4v) is 10.9. The number of rotatable bonds is 3. The van der Waals surface area contributed by atoms with Crippen molar-refractivity contribution in [3.63, 3.8) is 0 Å². The molecule has 2 aliphatic carbocycles. The summed E-state index contributed by atoms with van der Waals surface area (Å²) in [5.41, 5.74) is -0.674. The van der Waals surface area contributed by atoms with Crippen molar-refractivity contribution in [2.45, 2.75) is 147 Å². The molecule has 10 fully saturated rings. The van der Waals surface area contributed by atoms with Crippen molar-refractivity contribution in [3.8, 4) is 0 Å². The lowest BCUT2D eigenvalue weighted by Crippen LogP contribution is -2.71. The normalized spacial score (nSPS) is 60.3. The Bertz CT molecular complexity index is 1120. The van der Waals surface area contributed by atoms with Crippen LogP contribution < -0.4 is 0 Å². The van der Waals surface area contributed by atoms with E-state index in [0.717, 1.165) is 51.4 Å². The second kappa shape index (κ2) is 9.58. The summed E-state index contributed by atoms with van der Waals surface area (Å²) in [6, 6.07) is 0. The molecule has 1 N–H and O–H groups in total. The van der Waals surface area contributed by atoms with Crippen LogP contribution in [0.5, 0.6) is 0 Å². The summed E-state index contributed by atoms with van der Waals surface area (Å²) in [6.45, 7) is 13.0. The Hall–Kier alpha value is -0.850. The molecule has 42 heavy (non-hydrogen) atoms. The number of oxime groups is 1. The zero-order valence-electron chi connectivity index (χ0n) is 26.0. The topological polar surface area (TPSA) is 106 Å². The van der Waals surface area contributed by atoms with E-state index in [2.05, 4.69) is 32.9 Å². The predicted octanol–water partition coefficient (Wildman–Crippen LogP) is 5.71. The summed E-state index contributed by atoms with van der Waals surface area (Å²) in [5, 5.41) is 14.4. The quantitative estimate of drug-likeness (QED) is 0.191. The minimum absolute atomic E-state index is 0.0442. The Morgan fingerprint density at radius 1 is 0.667 bits per heavy atom. The van der Waals surface area contributed by atoms with Crippen LogP contribution in [0.1, 0.15) is 99.3 Å². The van der Waals surface area contributed by atoms with Crippen molar-refractivity contribution in [3.05, 3.63) is 0 Å². The third kappa shape index (κ3) is 3.76. The summed E-state index contributed by atoms with van der Waals surface area (Å²) in [5.74, 6) is 0.478. The van der Waals surface area contributed by atoms with Crippen molar-refractivity contribution in [1.82, 2.24) is 0 Å². The molecule has 0 radical (unpaired) electrons. The first-order chi connectivity index (χ1) is 20.0. The van der Waals surface area contributed by atoms with Gasteiger partial charge in [0, 0.05) is 31.1 Å². The first kappa shape index (κ1) is 28.6. The van der Waals surface area contributed by atoms with Gasteiger partial charge in [-0.3, -0.25) is 0 Å². The van der Waals surface area contributed by atoms with Crippen LogP contribution in [0.15, 0.2) is 5.16 Å². The van der Waals surface area contributed by atoms with E-state index in [9.17, 15) is 5.21 Å². The van der Waals surface area contributed by atoms with Gasteiger partial charge in [-0.2, -0.15) is 0 Å². The molecular weight excluding hydrogens is 542 g/mol. The average Bonchev–Trinajstić information content (AvgIpc) is 3.34. The standard InChI is InChI=1S/C32H49NO9/c1-16-7-9-22-18(3)25(35-27-31(22)20(16)11-13-29(5,37-27)39-41-31)15-24(33-34)26-19(4)23-10-8-17(2)21-12-14-30(6)38-28(36-26)32(21,23)42-40-30/h16-23,25-28,34H,7-15H2,1-6H3/b33-24-/t16-,17-,18-,19-,20+,21+,22+,23+,25-,26+,27-,28-,29?,30?,31-,32-/m1/s1.